The summed E-state index contributed by atoms with van der Waals surface area (Å²) in [5, 5.41) is 3.20. The Balaban J connectivity index is 1.64. The molecule has 0 saturated heterocycles. The average molecular weight is 331 g/mol. The molecule has 4 aliphatic rings. The van der Waals surface area contributed by atoms with Crippen molar-refractivity contribution in [2.75, 3.05) is 7.11 Å². The molecule has 0 bridgehead atoms. The van der Waals surface area contributed by atoms with Gasteiger partial charge in [-0.15, -0.1) is 0 Å². The molecule has 1 N–H and O–H groups in total. The lowest BCUT2D eigenvalue weighted by atomic mass is 9.48. The number of rotatable bonds is 1. The Labute approximate surface area is 144 Å². The number of amides is 1. The van der Waals surface area contributed by atoms with Crippen LogP contribution in [-0.4, -0.2) is 25.0 Å². The Morgan fingerprint density at radius 1 is 1.17 bits per heavy atom. The Bertz CT molecular complexity index is 600. The molecule has 0 spiro atoms. The lowest BCUT2D eigenvalue weighted by molar-refractivity contribution is -0.153. The van der Waals surface area contributed by atoms with Gasteiger partial charge in [0.15, 0.2) is 0 Å². The Hall–Kier alpha value is -1.32. The van der Waals surface area contributed by atoms with Crippen LogP contribution < -0.4 is 5.32 Å². The molecular weight excluding hydrogens is 302 g/mol. The second kappa shape index (κ2) is 5.34. The first-order chi connectivity index (χ1) is 11.4. The fourth-order valence-electron chi connectivity index (χ4n) is 6.86. The van der Waals surface area contributed by atoms with Crippen molar-refractivity contribution in [1.29, 1.82) is 0 Å². The van der Waals surface area contributed by atoms with Gasteiger partial charge in [-0.2, -0.15) is 0 Å². The highest BCUT2D eigenvalue weighted by Gasteiger charge is 2.61. The van der Waals surface area contributed by atoms with Crippen LogP contribution in [0.5, 0.6) is 0 Å². The van der Waals surface area contributed by atoms with E-state index in [0.717, 1.165) is 32.1 Å². The van der Waals surface area contributed by atoms with Crippen molar-refractivity contribution in [3.05, 3.63) is 12.2 Å². The van der Waals surface area contributed by atoms with Gasteiger partial charge < -0.3 is 10.1 Å². The Morgan fingerprint density at radius 2 is 1.96 bits per heavy atom. The van der Waals surface area contributed by atoms with Gasteiger partial charge in [0.25, 0.3) is 0 Å². The standard InChI is InChI=1S/C20H29NO3/c1-19-10-8-14-12(13(19)5-6-15(19)18(23)24-3)4-7-16-20(14,2)11-9-17(22)21-16/h9,11-16H,4-8,10H2,1-3H3,(H,21,22)/t12-,13-,14-,15-,16+,19-,20+/m0/s1. The number of hydrogen-bond acceptors (Lipinski definition) is 3. The van der Waals surface area contributed by atoms with E-state index in [4.69, 9.17) is 4.74 Å². The molecule has 1 amide bonds. The van der Waals surface area contributed by atoms with Crippen molar-refractivity contribution in [1.82, 2.24) is 5.32 Å². The topological polar surface area (TPSA) is 55.4 Å². The summed E-state index contributed by atoms with van der Waals surface area (Å²) in [4.78, 5) is 24.0. The predicted octanol–water partition coefficient (Wildman–Crippen LogP) is 3.07. The van der Waals surface area contributed by atoms with Crippen LogP contribution >= 0.6 is 0 Å². The molecule has 0 radical (unpaired) electrons. The third-order valence-corrected chi connectivity index (χ3v) is 8.17. The minimum absolute atomic E-state index is 0.0110. The molecule has 3 fully saturated rings. The molecule has 4 nitrogen and oxygen atoms in total. The zero-order valence-electron chi connectivity index (χ0n) is 15.0. The first-order valence-electron chi connectivity index (χ1n) is 9.47. The summed E-state index contributed by atoms with van der Waals surface area (Å²) in [5.41, 5.74) is 0.167. The SMILES string of the molecule is COC(=O)[C@@H]1CC[C@H]2[C@@H]3CC[C@H]4NC(=O)C=C[C@]4(C)[C@H]3CC[C@]12C. The quantitative estimate of drug-likeness (QED) is 0.751. The summed E-state index contributed by atoms with van der Waals surface area (Å²) in [6.45, 7) is 4.66. The van der Waals surface area contributed by atoms with E-state index < -0.39 is 0 Å². The van der Waals surface area contributed by atoms with Crippen molar-refractivity contribution in [2.24, 2.45) is 34.5 Å². The number of methoxy groups -OCH3 is 1. The van der Waals surface area contributed by atoms with Gasteiger partial charge in [-0.05, 0) is 67.8 Å². The molecule has 24 heavy (non-hydrogen) atoms. The summed E-state index contributed by atoms with van der Waals surface area (Å²) < 4.78 is 5.10. The van der Waals surface area contributed by atoms with E-state index in [9.17, 15) is 9.59 Å². The monoisotopic (exact) mass is 331 g/mol. The van der Waals surface area contributed by atoms with Crippen molar-refractivity contribution in [3.8, 4) is 0 Å². The minimum Gasteiger partial charge on any atom is -0.469 e. The molecule has 0 unspecified atom stereocenters. The second-order valence-electron chi connectivity index (χ2n) is 8.91. The summed E-state index contributed by atoms with van der Waals surface area (Å²) in [6.07, 6.45) is 10.5. The molecular formula is C20H29NO3. The fourth-order valence-corrected chi connectivity index (χ4v) is 6.86. The minimum atomic E-state index is -0.0110. The van der Waals surface area contributed by atoms with Crippen molar-refractivity contribution in [3.63, 3.8) is 0 Å². The number of fused-ring (bicyclic) bond motifs is 5. The van der Waals surface area contributed by atoms with Gasteiger partial charge in [0.2, 0.25) is 5.91 Å². The average Bonchev–Trinajstić information content (AvgIpc) is 2.92. The van der Waals surface area contributed by atoms with E-state index in [1.807, 2.05) is 0 Å². The van der Waals surface area contributed by atoms with Crippen molar-refractivity contribution >= 4 is 11.9 Å². The zero-order chi connectivity index (χ0) is 17.1. The highest BCUT2D eigenvalue weighted by molar-refractivity contribution is 5.89. The lowest BCUT2D eigenvalue weighted by Crippen LogP contribution is -2.59. The van der Waals surface area contributed by atoms with E-state index in [1.165, 1.54) is 13.5 Å². The first kappa shape index (κ1) is 16.2. The summed E-state index contributed by atoms with van der Waals surface area (Å²) >= 11 is 0. The second-order valence-corrected chi connectivity index (χ2v) is 8.91. The Morgan fingerprint density at radius 3 is 2.71 bits per heavy atom. The van der Waals surface area contributed by atoms with Crippen LogP contribution in [0.1, 0.15) is 52.4 Å². The first-order valence-corrected chi connectivity index (χ1v) is 9.47. The molecule has 1 heterocycles. The number of hydrogen-bond donors (Lipinski definition) is 1. The molecule has 1 aliphatic heterocycles. The summed E-state index contributed by atoms with van der Waals surface area (Å²) in [6, 6.07) is 0.276. The van der Waals surface area contributed by atoms with Gasteiger partial charge in [0.1, 0.15) is 0 Å². The fraction of sp³-hybridized carbons (Fsp3) is 0.800. The maximum absolute atomic E-state index is 12.3. The van der Waals surface area contributed by atoms with Gasteiger partial charge in [0, 0.05) is 11.5 Å². The largest absolute Gasteiger partial charge is 0.469 e. The van der Waals surface area contributed by atoms with E-state index in [-0.39, 0.29) is 34.7 Å². The predicted molar refractivity (Wildman–Crippen MR) is 91.0 cm³/mol. The normalized spacial score (nSPS) is 49.6. The van der Waals surface area contributed by atoms with E-state index >= 15 is 0 Å². The van der Waals surface area contributed by atoms with Crippen LogP contribution in [0, 0.1) is 34.5 Å². The third-order valence-electron chi connectivity index (χ3n) is 8.17. The van der Waals surface area contributed by atoms with Crippen molar-refractivity contribution in [2.45, 2.75) is 58.4 Å². The highest BCUT2D eigenvalue weighted by Crippen LogP contribution is 2.65. The number of esters is 1. The van der Waals surface area contributed by atoms with Crippen LogP contribution in [0.4, 0.5) is 0 Å². The Kier molecular flexibility index (Phi) is 3.59. The van der Waals surface area contributed by atoms with Crippen molar-refractivity contribution < 1.29 is 14.3 Å². The molecule has 132 valence electrons. The van der Waals surface area contributed by atoms with Gasteiger partial charge in [-0.25, -0.2) is 0 Å². The molecule has 0 aromatic heterocycles. The van der Waals surface area contributed by atoms with Gasteiger partial charge in [0.05, 0.1) is 13.0 Å². The number of ether oxygens (including phenoxy) is 1. The molecule has 7 atom stereocenters. The van der Waals surface area contributed by atoms with Gasteiger partial charge >= 0.3 is 5.97 Å². The molecule has 4 rings (SSSR count). The van der Waals surface area contributed by atoms with Gasteiger partial charge in [-0.3, -0.25) is 9.59 Å². The number of carbonyl (C=O) groups is 2. The van der Waals surface area contributed by atoms with E-state index in [0.29, 0.717) is 17.8 Å². The van der Waals surface area contributed by atoms with Crippen LogP contribution in [0.2, 0.25) is 0 Å². The highest BCUT2D eigenvalue weighted by atomic mass is 16.5. The van der Waals surface area contributed by atoms with Gasteiger partial charge in [-0.1, -0.05) is 19.9 Å². The molecule has 0 aromatic rings. The van der Waals surface area contributed by atoms with E-state index in [1.54, 1.807) is 6.08 Å². The lowest BCUT2D eigenvalue weighted by Gasteiger charge is -2.58. The smallest absolute Gasteiger partial charge is 0.309 e. The molecule has 4 heteroatoms. The number of nitrogens with one attached hydrogen (secondary N) is 1. The molecule has 3 saturated carbocycles. The third kappa shape index (κ3) is 2.04. The zero-order valence-corrected chi connectivity index (χ0v) is 15.0. The van der Waals surface area contributed by atoms with Crippen LogP contribution in [-0.2, 0) is 14.3 Å². The van der Waals surface area contributed by atoms with Crippen LogP contribution in [0.15, 0.2) is 12.2 Å². The summed E-state index contributed by atoms with van der Waals surface area (Å²) in [7, 11) is 1.52. The maximum Gasteiger partial charge on any atom is 0.309 e. The molecule has 3 aliphatic carbocycles. The number of carbonyl (C=O) groups excluding carboxylic acids is 2. The van der Waals surface area contributed by atoms with E-state index in [2.05, 4.69) is 25.2 Å². The summed E-state index contributed by atoms with van der Waals surface area (Å²) in [5.74, 6) is 2.01. The van der Waals surface area contributed by atoms with Crippen LogP contribution in [0.3, 0.4) is 0 Å². The molecule has 0 aromatic carbocycles. The maximum atomic E-state index is 12.3. The van der Waals surface area contributed by atoms with Crippen LogP contribution in [0.25, 0.3) is 0 Å².